The molecule has 54 heavy (non-hydrogen) atoms. The number of aryl methyl sites for hydroxylation is 1. The zero-order chi connectivity index (χ0) is 35.6. The van der Waals surface area contributed by atoms with Crippen LogP contribution in [0.2, 0.25) is 0 Å². The van der Waals surface area contributed by atoms with Crippen LogP contribution in [0, 0.1) is 0 Å². The molecule has 258 valence electrons. The van der Waals surface area contributed by atoms with Crippen LogP contribution < -0.4 is 20.4 Å². The maximum atomic E-state index is 5.28. The van der Waals surface area contributed by atoms with Crippen LogP contribution in [0.25, 0.3) is 54.3 Å². The summed E-state index contributed by atoms with van der Waals surface area (Å²) in [7, 11) is 0. The van der Waals surface area contributed by atoms with Gasteiger partial charge >= 0.3 is 0 Å². The molecule has 2 aromatic heterocycles. The average molecular weight is 730 g/mol. The minimum atomic E-state index is -0.235. The van der Waals surface area contributed by atoms with Crippen molar-refractivity contribution in [1.29, 1.82) is 0 Å². The molecule has 0 amide bonds. The monoisotopic (exact) mass is 729 g/mol. The van der Waals surface area contributed by atoms with Crippen LogP contribution in [0.4, 0.5) is 0 Å². The minimum absolute atomic E-state index is 0.156. The standard InChI is InChI=1S/C49H35N3S2/c1-2-11-31(12-3-1)41-29-42(32-23-21-30(22-24-32)35-16-10-17-37-36-13-5-8-19-43(36)53-47(35)37)52-49(51-41)34-27-25-33(26-28-34)46-45-39-15-6-9-20-44(39)54-48(45)38-14-4-7-18-40(38)50-46/h1-7,9-18,20-29,40,49-50,52H,8,19H2. The third kappa shape index (κ3) is 5.26. The van der Waals surface area contributed by atoms with E-state index in [0.717, 1.165) is 40.9 Å². The number of nitrogens with zero attached hydrogens (tertiary/aromatic N) is 1. The van der Waals surface area contributed by atoms with Crippen LogP contribution in [0.3, 0.4) is 0 Å². The fourth-order valence-corrected chi connectivity index (χ4v) is 10.9. The lowest BCUT2D eigenvalue weighted by Crippen LogP contribution is -2.43. The van der Waals surface area contributed by atoms with Crippen LogP contribution in [-0.2, 0) is 6.42 Å². The van der Waals surface area contributed by atoms with E-state index in [2.05, 4.69) is 174 Å². The second kappa shape index (κ2) is 12.8. The number of benzene rings is 5. The van der Waals surface area contributed by atoms with Crippen molar-refractivity contribution in [3.63, 3.8) is 0 Å². The minimum Gasteiger partial charge on any atom is -0.374 e. The normalized spacial score (nSPS) is 18.4. The first-order chi connectivity index (χ1) is 26.7. The second-order valence-electron chi connectivity index (χ2n) is 14.2. The van der Waals surface area contributed by atoms with Crippen LogP contribution >= 0.6 is 22.7 Å². The highest BCUT2D eigenvalue weighted by atomic mass is 32.1. The number of fused-ring (bicyclic) bond motifs is 7. The second-order valence-corrected chi connectivity index (χ2v) is 16.4. The molecule has 2 atom stereocenters. The summed E-state index contributed by atoms with van der Waals surface area (Å²) >= 11 is 3.85. The lowest BCUT2D eigenvalue weighted by Gasteiger charge is -2.27. The first kappa shape index (κ1) is 31.5. The van der Waals surface area contributed by atoms with Gasteiger partial charge in [-0.1, -0.05) is 152 Å². The van der Waals surface area contributed by atoms with Gasteiger partial charge in [-0.15, -0.1) is 22.7 Å². The van der Waals surface area contributed by atoms with E-state index in [9.17, 15) is 0 Å². The van der Waals surface area contributed by atoms with E-state index in [-0.39, 0.29) is 12.2 Å². The molecule has 11 rings (SSSR count). The number of hydrogen-bond donors (Lipinski definition) is 2. The van der Waals surface area contributed by atoms with Gasteiger partial charge in [-0.3, -0.25) is 4.99 Å². The zero-order valence-corrected chi connectivity index (χ0v) is 31.1. The van der Waals surface area contributed by atoms with Crippen molar-refractivity contribution < 1.29 is 0 Å². The highest BCUT2D eigenvalue weighted by Gasteiger charge is 2.24. The molecule has 0 spiro atoms. The summed E-state index contributed by atoms with van der Waals surface area (Å²) in [4.78, 5) is 6.78. The Morgan fingerprint density at radius 1 is 0.648 bits per heavy atom. The van der Waals surface area contributed by atoms with Crippen LogP contribution in [0.15, 0.2) is 163 Å². The molecule has 5 aromatic carbocycles. The largest absolute Gasteiger partial charge is 0.374 e. The van der Waals surface area contributed by atoms with Gasteiger partial charge < -0.3 is 10.6 Å². The molecule has 0 fully saturated rings. The topological polar surface area (TPSA) is 36.4 Å². The molecule has 2 unspecified atom stereocenters. The highest BCUT2D eigenvalue weighted by molar-refractivity contribution is 7.20. The third-order valence-corrected chi connectivity index (χ3v) is 13.6. The van der Waals surface area contributed by atoms with Crippen molar-refractivity contribution >= 4 is 71.6 Å². The molecule has 3 nitrogen and oxygen atoms in total. The average Bonchev–Trinajstić information content (AvgIpc) is 3.83. The number of hydrogen-bond acceptors (Lipinski definition) is 5. The van der Waals surface area contributed by atoms with Gasteiger partial charge in [0.1, 0.15) is 6.17 Å². The number of allylic oxidation sites excluding steroid dienone is 4. The van der Waals surface area contributed by atoms with Crippen molar-refractivity contribution in [1.82, 2.24) is 10.6 Å². The molecule has 0 saturated heterocycles. The van der Waals surface area contributed by atoms with Crippen molar-refractivity contribution in [2.24, 2.45) is 4.99 Å². The Labute approximate surface area is 322 Å². The summed E-state index contributed by atoms with van der Waals surface area (Å²) in [5.41, 5.74) is 13.1. The number of nitrogens with one attached hydrogen (secondary N) is 2. The third-order valence-electron chi connectivity index (χ3n) is 11.0. The zero-order valence-electron chi connectivity index (χ0n) is 29.4. The lowest BCUT2D eigenvalue weighted by atomic mass is 9.95. The maximum Gasteiger partial charge on any atom is 0.145 e. The SMILES string of the molecule is C1=CC2=c3sc4ccccc4c3=C(c3ccc(C4N=C(c5ccccc5)C=C(c5ccc(-c6cccc7c8c(sc67)CCC=C8)cc5)N4)cc3)NC2C=C1. The first-order valence-corrected chi connectivity index (χ1v) is 20.3. The molecule has 2 N–H and O–H groups in total. The van der Waals surface area contributed by atoms with E-state index in [1.165, 1.54) is 68.3 Å². The Hall–Kier alpha value is -6.01. The van der Waals surface area contributed by atoms with Gasteiger partial charge in [0.2, 0.25) is 0 Å². The number of thiophene rings is 2. The van der Waals surface area contributed by atoms with Crippen LogP contribution in [0.1, 0.15) is 45.3 Å². The predicted octanol–water partition coefficient (Wildman–Crippen LogP) is 10.3. The van der Waals surface area contributed by atoms with E-state index in [1.807, 2.05) is 22.7 Å². The molecule has 4 heterocycles. The first-order valence-electron chi connectivity index (χ1n) is 18.7. The van der Waals surface area contributed by atoms with E-state index in [0.29, 0.717) is 0 Å². The lowest BCUT2D eigenvalue weighted by molar-refractivity contribution is 0.664. The molecule has 4 aliphatic rings. The van der Waals surface area contributed by atoms with Crippen LogP contribution in [0.5, 0.6) is 0 Å². The smallest absolute Gasteiger partial charge is 0.145 e. The van der Waals surface area contributed by atoms with Crippen molar-refractivity contribution in [3.8, 4) is 11.1 Å². The number of aliphatic imine (C=N–C) groups is 1. The van der Waals surface area contributed by atoms with Crippen molar-refractivity contribution in [2.75, 3.05) is 0 Å². The Morgan fingerprint density at radius 3 is 2.33 bits per heavy atom. The molecule has 2 aliphatic carbocycles. The van der Waals surface area contributed by atoms with Gasteiger partial charge in [-0.25, -0.2) is 0 Å². The van der Waals surface area contributed by atoms with E-state index >= 15 is 0 Å². The molecule has 0 radical (unpaired) electrons. The Bertz CT molecular complexity index is 2920. The fraction of sp³-hybridized carbons (Fsp3) is 0.0816. The molecule has 0 saturated carbocycles. The van der Waals surface area contributed by atoms with Gasteiger partial charge in [-0.2, -0.15) is 0 Å². The molecule has 5 heteroatoms. The van der Waals surface area contributed by atoms with Crippen LogP contribution in [-0.4, -0.2) is 11.8 Å². The summed E-state index contributed by atoms with van der Waals surface area (Å²) < 4.78 is 4.06. The van der Waals surface area contributed by atoms with Crippen molar-refractivity contribution in [3.05, 3.63) is 200 Å². The molecular weight excluding hydrogens is 695 g/mol. The van der Waals surface area contributed by atoms with Gasteiger partial charge in [-0.05, 0) is 69.5 Å². The molecular formula is C49H35N3S2. The molecule has 0 bridgehead atoms. The summed E-state index contributed by atoms with van der Waals surface area (Å²) in [6, 6.07) is 44.2. The fourth-order valence-electron chi connectivity index (χ4n) is 8.32. The Kier molecular flexibility index (Phi) is 7.49. The van der Waals surface area contributed by atoms with Gasteiger partial charge in [0.05, 0.1) is 17.5 Å². The Balaban J connectivity index is 0.954. The van der Waals surface area contributed by atoms with E-state index < -0.39 is 0 Å². The Morgan fingerprint density at radius 2 is 1.44 bits per heavy atom. The molecule has 7 aromatic rings. The summed E-state index contributed by atoms with van der Waals surface area (Å²) in [5.74, 6) is 0. The predicted molar refractivity (Wildman–Crippen MR) is 230 cm³/mol. The highest BCUT2D eigenvalue weighted by Crippen LogP contribution is 2.41. The summed E-state index contributed by atoms with van der Waals surface area (Å²) in [5, 5.41) is 11.7. The maximum absolute atomic E-state index is 5.28. The molecule has 2 aliphatic heterocycles. The van der Waals surface area contributed by atoms with Gasteiger partial charge in [0.15, 0.2) is 0 Å². The summed E-state index contributed by atoms with van der Waals surface area (Å²) in [6.45, 7) is 0. The van der Waals surface area contributed by atoms with E-state index in [1.54, 1.807) is 0 Å². The number of rotatable bonds is 5. The quantitative estimate of drug-likeness (QED) is 0.185. The van der Waals surface area contributed by atoms with Crippen molar-refractivity contribution in [2.45, 2.75) is 25.0 Å². The van der Waals surface area contributed by atoms with Gasteiger partial charge in [0, 0.05) is 40.5 Å². The van der Waals surface area contributed by atoms with Gasteiger partial charge in [0.25, 0.3) is 0 Å². The van der Waals surface area contributed by atoms with E-state index in [4.69, 9.17) is 4.99 Å². The summed E-state index contributed by atoms with van der Waals surface area (Å²) in [6.07, 6.45) is 17.7.